The largest absolute Gasteiger partial charge is 0.498 e. The molecule has 0 aromatic carbocycles. The fourth-order valence-electron chi connectivity index (χ4n) is 2.57. The van der Waals surface area contributed by atoms with E-state index in [1.807, 2.05) is 11.6 Å². The van der Waals surface area contributed by atoms with Crippen molar-refractivity contribution in [2.75, 3.05) is 6.61 Å². The lowest BCUT2D eigenvalue weighted by Crippen LogP contribution is -2.41. The predicted molar refractivity (Wildman–Crippen MR) is 72.3 cm³/mol. The van der Waals surface area contributed by atoms with Gasteiger partial charge in [-0.15, -0.1) is 0 Å². The van der Waals surface area contributed by atoms with Gasteiger partial charge in [0.1, 0.15) is 0 Å². The van der Waals surface area contributed by atoms with Crippen LogP contribution in [0.15, 0.2) is 0 Å². The highest BCUT2D eigenvalue weighted by Gasteiger charge is 2.53. The highest BCUT2D eigenvalue weighted by atomic mass is 16.7. The first-order valence-corrected chi connectivity index (χ1v) is 6.81. The first-order valence-electron chi connectivity index (χ1n) is 6.81. The van der Waals surface area contributed by atoms with E-state index < -0.39 is 0 Å². The van der Waals surface area contributed by atoms with Gasteiger partial charge in [-0.3, -0.25) is 4.68 Å². The number of hydrogen-bond acceptors (Lipinski definition) is 4. The molecular formula is C13H21BN2O3. The second-order valence-corrected chi connectivity index (χ2v) is 6.31. The Morgan fingerprint density at radius 1 is 1.16 bits per heavy atom. The smallest absolute Gasteiger partial charge is 0.399 e. The molecule has 0 saturated carbocycles. The van der Waals surface area contributed by atoms with Gasteiger partial charge in [-0.1, -0.05) is 0 Å². The van der Waals surface area contributed by atoms with Crippen LogP contribution in [0.25, 0.3) is 0 Å². The number of ether oxygens (including phenoxy) is 1. The van der Waals surface area contributed by atoms with Crippen molar-refractivity contribution in [1.29, 1.82) is 0 Å². The third-order valence-corrected chi connectivity index (χ3v) is 4.46. The normalized spacial score (nSPS) is 24.6. The van der Waals surface area contributed by atoms with Crippen molar-refractivity contribution in [3.8, 4) is 0 Å². The zero-order valence-corrected chi connectivity index (χ0v) is 12.3. The zero-order chi connectivity index (χ0) is 13.8. The molecule has 1 aromatic rings. The molecular weight excluding hydrogens is 243 g/mol. The van der Waals surface area contributed by atoms with Crippen molar-refractivity contribution in [1.82, 2.24) is 9.78 Å². The Balaban J connectivity index is 1.98. The number of fused-ring (bicyclic) bond motifs is 1. The Morgan fingerprint density at radius 3 is 2.42 bits per heavy atom. The van der Waals surface area contributed by atoms with Gasteiger partial charge in [-0.05, 0) is 34.6 Å². The summed E-state index contributed by atoms with van der Waals surface area (Å²) in [5, 5.41) is 4.57. The summed E-state index contributed by atoms with van der Waals surface area (Å²) in [5.41, 5.74) is 2.45. The monoisotopic (exact) mass is 264 g/mol. The molecule has 104 valence electrons. The molecule has 3 heterocycles. The van der Waals surface area contributed by atoms with E-state index in [0.29, 0.717) is 6.61 Å². The summed E-state index contributed by atoms with van der Waals surface area (Å²) in [6.45, 7) is 12.4. The maximum Gasteiger partial charge on any atom is 0.498 e. The fraction of sp³-hybridized carbons (Fsp3) is 0.769. The Morgan fingerprint density at radius 2 is 1.79 bits per heavy atom. The van der Waals surface area contributed by atoms with Crippen LogP contribution in [0, 0.1) is 6.92 Å². The topological polar surface area (TPSA) is 45.5 Å². The Hall–Kier alpha value is -0.845. The average molecular weight is 264 g/mol. The van der Waals surface area contributed by atoms with Gasteiger partial charge in [-0.25, -0.2) is 0 Å². The van der Waals surface area contributed by atoms with Gasteiger partial charge in [0.25, 0.3) is 0 Å². The van der Waals surface area contributed by atoms with Crippen LogP contribution in [0.2, 0.25) is 0 Å². The van der Waals surface area contributed by atoms with Gasteiger partial charge < -0.3 is 14.0 Å². The van der Waals surface area contributed by atoms with Gasteiger partial charge in [0.15, 0.2) is 0 Å². The van der Waals surface area contributed by atoms with Crippen LogP contribution >= 0.6 is 0 Å². The van der Waals surface area contributed by atoms with Gasteiger partial charge >= 0.3 is 7.12 Å². The lowest BCUT2D eigenvalue weighted by Gasteiger charge is -2.32. The molecule has 1 fully saturated rings. The minimum absolute atomic E-state index is 0.325. The lowest BCUT2D eigenvalue weighted by molar-refractivity contribution is 0.00578. The van der Waals surface area contributed by atoms with Crippen LogP contribution in [0.4, 0.5) is 0 Å². The van der Waals surface area contributed by atoms with Crippen LogP contribution in [0.1, 0.15) is 39.1 Å². The second-order valence-electron chi connectivity index (χ2n) is 6.31. The lowest BCUT2D eigenvalue weighted by atomic mass is 9.77. The maximum absolute atomic E-state index is 6.12. The summed E-state index contributed by atoms with van der Waals surface area (Å²) < 4.78 is 19.8. The molecule has 2 aliphatic rings. The standard InChI is InChI=1S/C13H21BN2O3/c1-9-11(10-8-17-7-6-16(10)15-9)14-18-12(2,3)13(4,5)19-14/h6-8H2,1-5H3. The molecule has 0 unspecified atom stereocenters. The Kier molecular flexibility index (Phi) is 2.82. The van der Waals surface area contributed by atoms with Crippen LogP contribution in [-0.4, -0.2) is 34.7 Å². The summed E-state index contributed by atoms with van der Waals surface area (Å²) in [4.78, 5) is 0. The van der Waals surface area contributed by atoms with Crippen LogP contribution in [-0.2, 0) is 27.2 Å². The molecule has 0 atom stereocenters. The van der Waals surface area contributed by atoms with Crippen molar-refractivity contribution in [2.45, 2.75) is 59.0 Å². The number of rotatable bonds is 1. The van der Waals surface area contributed by atoms with Crippen LogP contribution < -0.4 is 5.46 Å². The van der Waals surface area contributed by atoms with Gasteiger partial charge in [-0.2, -0.15) is 5.10 Å². The summed E-state index contributed by atoms with van der Waals surface area (Å²) in [7, 11) is -0.351. The highest BCUT2D eigenvalue weighted by molar-refractivity contribution is 6.63. The van der Waals surface area contributed by atoms with E-state index >= 15 is 0 Å². The average Bonchev–Trinajstić information content (AvgIpc) is 2.72. The zero-order valence-electron chi connectivity index (χ0n) is 12.3. The SMILES string of the molecule is Cc1nn2c(c1B1OC(C)(C)C(C)(C)O1)COCC2. The predicted octanol–water partition coefficient (Wildman–Crippen LogP) is 1.02. The maximum atomic E-state index is 6.12. The molecule has 0 amide bonds. The molecule has 19 heavy (non-hydrogen) atoms. The molecule has 1 aromatic heterocycles. The molecule has 0 bridgehead atoms. The quantitative estimate of drug-likeness (QED) is 0.710. The van der Waals surface area contributed by atoms with Crippen molar-refractivity contribution < 1.29 is 14.0 Å². The van der Waals surface area contributed by atoms with E-state index in [1.165, 1.54) is 0 Å². The van der Waals surface area contributed by atoms with Gasteiger partial charge in [0.05, 0.1) is 42.3 Å². The van der Waals surface area contributed by atoms with E-state index in [2.05, 4.69) is 32.8 Å². The summed E-state index contributed by atoms with van der Waals surface area (Å²) in [6, 6.07) is 0. The summed E-state index contributed by atoms with van der Waals surface area (Å²) >= 11 is 0. The molecule has 1 saturated heterocycles. The first-order chi connectivity index (χ1) is 8.82. The third-order valence-electron chi connectivity index (χ3n) is 4.46. The van der Waals surface area contributed by atoms with Crippen LogP contribution in [0.3, 0.4) is 0 Å². The van der Waals surface area contributed by atoms with E-state index in [4.69, 9.17) is 14.0 Å². The van der Waals surface area contributed by atoms with E-state index in [9.17, 15) is 0 Å². The molecule has 2 aliphatic heterocycles. The van der Waals surface area contributed by atoms with Crippen molar-refractivity contribution >= 4 is 12.6 Å². The first kappa shape index (κ1) is 13.2. The van der Waals surface area contributed by atoms with Crippen molar-refractivity contribution in [3.05, 3.63) is 11.4 Å². The summed E-state index contributed by atoms with van der Waals surface area (Å²) in [5.74, 6) is 0. The molecule has 0 spiro atoms. The highest BCUT2D eigenvalue weighted by Crippen LogP contribution is 2.37. The molecule has 6 heteroatoms. The molecule has 0 N–H and O–H groups in total. The molecule has 3 rings (SSSR count). The molecule has 0 aliphatic carbocycles. The minimum atomic E-state index is -0.351. The van der Waals surface area contributed by atoms with E-state index in [1.54, 1.807) is 0 Å². The number of hydrogen-bond donors (Lipinski definition) is 0. The van der Waals surface area contributed by atoms with Crippen molar-refractivity contribution in [3.63, 3.8) is 0 Å². The van der Waals surface area contributed by atoms with E-state index in [-0.39, 0.29) is 18.3 Å². The minimum Gasteiger partial charge on any atom is -0.399 e. The van der Waals surface area contributed by atoms with Gasteiger partial charge in [0.2, 0.25) is 0 Å². The second kappa shape index (κ2) is 4.07. The number of aryl methyl sites for hydroxylation is 1. The Bertz CT molecular complexity index is 494. The number of nitrogens with zero attached hydrogens (tertiary/aromatic N) is 2. The molecule has 0 radical (unpaired) electrons. The van der Waals surface area contributed by atoms with Crippen molar-refractivity contribution in [2.24, 2.45) is 0 Å². The fourth-order valence-corrected chi connectivity index (χ4v) is 2.57. The van der Waals surface area contributed by atoms with Gasteiger partial charge in [0, 0.05) is 5.46 Å². The summed E-state index contributed by atoms with van der Waals surface area (Å²) in [6.07, 6.45) is 0. The molecule has 5 nitrogen and oxygen atoms in total. The number of aromatic nitrogens is 2. The Labute approximate surface area is 114 Å². The third kappa shape index (κ3) is 1.93. The van der Waals surface area contributed by atoms with E-state index in [0.717, 1.165) is 30.0 Å². The van der Waals surface area contributed by atoms with Crippen LogP contribution in [0.5, 0.6) is 0 Å².